The second-order valence-electron chi connectivity index (χ2n) is 9.74. The smallest absolute Gasteiger partial charge is 0.259 e. The number of aromatic nitrogens is 2. The lowest BCUT2D eigenvalue weighted by atomic mass is 9.99. The van der Waals surface area contributed by atoms with Crippen molar-refractivity contribution in [3.05, 3.63) is 89.1 Å². The van der Waals surface area contributed by atoms with Gasteiger partial charge in [-0.1, -0.05) is 37.0 Å². The third-order valence-corrected chi connectivity index (χ3v) is 6.69. The van der Waals surface area contributed by atoms with Gasteiger partial charge in [0, 0.05) is 43.7 Å². The average molecular weight is 531 g/mol. The van der Waals surface area contributed by atoms with Crippen molar-refractivity contribution in [3.63, 3.8) is 0 Å². The fourth-order valence-corrected chi connectivity index (χ4v) is 4.27. The maximum Gasteiger partial charge on any atom is 0.259 e. The van der Waals surface area contributed by atoms with Crippen molar-refractivity contribution in [3.8, 4) is 17.7 Å². The molecule has 0 fully saturated rings. The van der Waals surface area contributed by atoms with Crippen LogP contribution in [0.25, 0.3) is 0 Å². The van der Waals surface area contributed by atoms with E-state index >= 15 is 0 Å². The van der Waals surface area contributed by atoms with E-state index in [1.807, 2.05) is 13.0 Å². The van der Waals surface area contributed by atoms with E-state index in [0.717, 1.165) is 5.56 Å². The van der Waals surface area contributed by atoms with Gasteiger partial charge in [0.15, 0.2) is 0 Å². The molecule has 0 spiro atoms. The number of halogens is 1. The van der Waals surface area contributed by atoms with Gasteiger partial charge in [0.2, 0.25) is 11.8 Å². The number of aliphatic hydroxyl groups excluding tert-OH is 1. The molecule has 1 aliphatic rings. The molecule has 0 aliphatic carbocycles. The summed E-state index contributed by atoms with van der Waals surface area (Å²) < 4.78 is 20.3. The second-order valence-corrected chi connectivity index (χ2v) is 9.74. The number of amides is 2. The quantitative estimate of drug-likeness (QED) is 0.493. The van der Waals surface area contributed by atoms with Crippen molar-refractivity contribution in [1.82, 2.24) is 19.8 Å². The van der Waals surface area contributed by atoms with Crippen LogP contribution >= 0.6 is 0 Å². The van der Waals surface area contributed by atoms with Gasteiger partial charge in [-0.15, -0.1) is 0 Å². The minimum Gasteiger partial charge on any atom is -0.472 e. The van der Waals surface area contributed by atoms with Gasteiger partial charge in [-0.3, -0.25) is 14.6 Å². The molecule has 4 rings (SSSR count). The molecule has 3 heterocycles. The molecular formula is C30H31FN4O4. The summed E-state index contributed by atoms with van der Waals surface area (Å²) in [6.45, 7) is 4.06. The maximum atomic E-state index is 14.0. The van der Waals surface area contributed by atoms with Crippen LogP contribution in [-0.4, -0.2) is 75.6 Å². The zero-order valence-electron chi connectivity index (χ0n) is 22.2. The predicted octanol–water partition coefficient (Wildman–Crippen LogP) is 2.94. The fraction of sp³-hybridized carbons (Fsp3) is 0.333. The largest absolute Gasteiger partial charge is 0.472 e. The molecule has 2 aromatic heterocycles. The van der Waals surface area contributed by atoms with E-state index < -0.39 is 18.0 Å². The normalized spacial score (nSPS) is 17.6. The zero-order valence-corrected chi connectivity index (χ0v) is 22.2. The van der Waals surface area contributed by atoms with Crippen LogP contribution in [0.2, 0.25) is 0 Å². The first-order valence-corrected chi connectivity index (χ1v) is 12.7. The number of carbonyl (C=O) groups is 2. The first-order valence-electron chi connectivity index (χ1n) is 12.7. The van der Waals surface area contributed by atoms with Gasteiger partial charge in [0.1, 0.15) is 17.5 Å². The second kappa shape index (κ2) is 12.5. The van der Waals surface area contributed by atoms with Crippen LogP contribution in [0.5, 0.6) is 5.88 Å². The highest BCUT2D eigenvalue weighted by Gasteiger charge is 2.34. The molecule has 9 heteroatoms. The molecule has 8 nitrogen and oxygen atoms in total. The summed E-state index contributed by atoms with van der Waals surface area (Å²) in [5, 5.41) is 9.86. The molecule has 0 saturated carbocycles. The SMILES string of the molecule is C[C@H](CO)N1C[C@H](C)[C@H](CN(C)C(=O)Cc2cccnc2)Oc2ncc(C#Cc3ccccc3F)cc2C1=O. The Labute approximate surface area is 227 Å². The van der Waals surface area contributed by atoms with Crippen molar-refractivity contribution in [1.29, 1.82) is 0 Å². The molecule has 0 unspecified atom stereocenters. The van der Waals surface area contributed by atoms with Crippen molar-refractivity contribution in [2.45, 2.75) is 32.4 Å². The third kappa shape index (κ3) is 6.78. The van der Waals surface area contributed by atoms with Gasteiger partial charge in [-0.25, -0.2) is 9.37 Å². The molecule has 1 N–H and O–H groups in total. The van der Waals surface area contributed by atoms with Gasteiger partial charge < -0.3 is 19.6 Å². The van der Waals surface area contributed by atoms with Crippen LogP contribution in [0.1, 0.15) is 40.9 Å². The number of rotatable bonds is 6. The number of ether oxygens (including phenoxy) is 1. The van der Waals surface area contributed by atoms with E-state index in [4.69, 9.17) is 4.74 Å². The maximum absolute atomic E-state index is 14.0. The summed E-state index contributed by atoms with van der Waals surface area (Å²) >= 11 is 0. The molecule has 202 valence electrons. The molecule has 0 saturated heterocycles. The number of aliphatic hydroxyl groups is 1. The van der Waals surface area contributed by atoms with E-state index in [9.17, 15) is 19.1 Å². The first kappa shape index (κ1) is 27.7. The van der Waals surface area contributed by atoms with Crippen LogP contribution in [0.15, 0.2) is 61.1 Å². The number of nitrogens with zero attached hydrogens (tertiary/aromatic N) is 4. The van der Waals surface area contributed by atoms with Crippen molar-refractivity contribution in [2.75, 3.05) is 26.7 Å². The van der Waals surface area contributed by atoms with Crippen LogP contribution in [0.4, 0.5) is 4.39 Å². The highest BCUT2D eigenvalue weighted by molar-refractivity contribution is 5.97. The van der Waals surface area contributed by atoms with Crippen molar-refractivity contribution < 1.29 is 23.8 Å². The van der Waals surface area contributed by atoms with Gasteiger partial charge >= 0.3 is 0 Å². The number of likely N-dealkylation sites (N-methyl/N-ethyl adjacent to an activating group) is 1. The summed E-state index contributed by atoms with van der Waals surface area (Å²) in [5.41, 5.74) is 1.65. The lowest BCUT2D eigenvalue weighted by Crippen LogP contribution is -2.50. The van der Waals surface area contributed by atoms with Crippen LogP contribution in [0.3, 0.4) is 0 Å². The lowest BCUT2D eigenvalue weighted by Gasteiger charge is -2.37. The summed E-state index contributed by atoms with van der Waals surface area (Å²) in [6, 6.07) is 10.9. The zero-order chi connectivity index (χ0) is 27.9. The Morgan fingerprint density at radius 3 is 2.77 bits per heavy atom. The van der Waals surface area contributed by atoms with E-state index in [1.165, 1.54) is 12.3 Å². The Hall–Kier alpha value is -4.29. The van der Waals surface area contributed by atoms with Gasteiger partial charge in [-0.05, 0) is 36.8 Å². The average Bonchev–Trinajstić information content (AvgIpc) is 2.94. The minimum absolute atomic E-state index is 0.0931. The highest BCUT2D eigenvalue weighted by Crippen LogP contribution is 2.27. The van der Waals surface area contributed by atoms with Crippen LogP contribution < -0.4 is 4.74 Å². The van der Waals surface area contributed by atoms with E-state index in [0.29, 0.717) is 12.1 Å². The third-order valence-electron chi connectivity index (χ3n) is 6.69. The molecule has 1 aromatic carbocycles. The number of hydrogen-bond acceptors (Lipinski definition) is 6. The first-order chi connectivity index (χ1) is 18.8. The van der Waals surface area contributed by atoms with Gasteiger partial charge in [-0.2, -0.15) is 0 Å². The summed E-state index contributed by atoms with van der Waals surface area (Å²) in [5.74, 6) is 4.72. The van der Waals surface area contributed by atoms with E-state index in [1.54, 1.807) is 66.5 Å². The summed E-state index contributed by atoms with van der Waals surface area (Å²) in [7, 11) is 1.71. The van der Waals surface area contributed by atoms with Crippen LogP contribution in [-0.2, 0) is 11.2 Å². The number of fused-ring (bicyclic) bond motifs is 1. The standard InChI is InChI=1S/C30H31FN4O4/c1-20-17-35(21(2)19-36)30(38)25-13-23(10-11-24-8-4-5-9-26(24)31)16-33-29(25)39-27(20)18-34(3)28(37)14-22-7-6-12-32-15-22/h4-9,12-13,15-16,20-21,27,36H,14,17-19H2,1-3H3/t20-,21+,27-/m0/s1. The molecule has 3 aromatic rings. The monoisotopic (exact) mass is 530 g/mol. The molecule has 0 radical (unpaired) electrons. The number of hydrogen-bond donors (Lipinski definition) is 1. The molecule has 1 aliphatic heterocycles. The Balaban J connectivity index is 1.62. The number of carbonyl (C=O) groups excluding carboxylic acids is 2. The Morgan fingerprint density at radius 1 is 1.26 bits per heavy atom. The molecule has 39 heavy (non-hydrogen) atoms. The summed E-state index contributed by atoms with van der Waals surface area (Å²) in [4.78, 5) is 38.1. The number of benzene rings is 1. The molecular weight excluding hydrogens is 499 g/mol. The van der Waals surface area contributed by atoms with Crippen LogP contribution in [0, 0.1) is 23.6 Å². The predicted molar refractivity (Wildman–Crippen MR) is 143 cm³/mol. The van der Waals surface area contributed by atoms with E-state index in [2.05, 4.69) is 21.8 Å². The topological polar surface area (TPSA) is 95.9 Å². The summed E-state index contributed by atoms with van der Waals surface area (Å²) in [6.07, 6.45) is 4.52. The lowest BCUT2D eigenvalue weighted by molar-refractivity contribution is -0.130. The van der Waals surface area contributed by atoms with Gasteiger partial charge in [0.05, 0.1) is 31.2 Å². The highest BCUT2D eigenvalue weighted by atomic mass is 19.1. The molecule has 3 atom stereocenters. The van der Waals surface area contributed by atoms with Gasteiger partial charge in [0.25, 0.3) is 5.91 Å². The minimum atomic E-state index is -0.476. The Bertz CT molecular complexity index is 1390. The van der Waals surface area contributed by atoms with E-state index in [-0.39, 0.29) is 54.3 Å². The number of pyridine rings is 2. The van der Waals surface area contributed by atoms with Crippen molar-refractivity contribution >= 4 is 11.8 Å². The fourth-order valence-electron chi connectivity index (χ4n) is 4.27. The molecule has 0 bridgehead atoms. The Morgan fingerprint density at radius 2 is 2.05 bits per heavy atom. The Kier molecular flexibility index (Phi) is 8.89. The van der Waals surface area contributed by atoms with Crippen molar-refractivity contribution in [2.24, 2.45) is 5.92 Å². The molecule has 2 amide bonds.